The van der Waals surface area contributed by atoms with E-state index in [0.717, 1.165) is 31.6 Å². The van der Waals surface area contributed by atoms with Crippen LogP contribution in [0.1, 0.15) is 19.3 Å². The average molecular weight is 275 g/mol. The van der Waals surface area contributed by atoms with Crippen molar-refractivity contribution in [3.8, 4) is 0 Å². The highest BCUT2D eigenvalue weighted by Crippen LogP contribution is 2.26. The van der Waals surface area contributed by atoms with Crippen LogP contribution in [-0.2, 0) is 0 Å². The van der Waals surface area contributed by atoms with Crippen LogP contribution in [0.3, 0.4) is 0 Å². The van der Waals surface area contributed by atoms with Crippen LogP contribution in [0.15, 0.2) is 16.9 Å². The highest BCUT2D eigenvalue weighted by Gasteiger charge is 2.30. The minimum Gasteiger partial charge on any atom is -0.240 e. The largest absolute Gasteiger partial charge is 0.240 e. The van der Waals surface area contributed by atoms with Crippen LogP contribution < -0.4 is 10.4 Å². The fourth-order valence-electron chi connectivity index (χ4n) is 1.99. The molecule has 0 amide bonds. The lowest BCUT2D eigenvalue weighted by atomic mass is 10.1. The van der Waals surface area contributed by atoms with Gasteiger partial charge in [0, 0.05) is 6.07 Å². The van der Waals surface area contributed by atoms with Crippen molar-refractivity contribution in [3.05, 3.63) is 22.7 Å². The molecule has 0 bridgehead atoms. The summed E-state index contributed by atoms with van der Waals surface area (Å²) in [5.74, 6) is 5.87. The third kappa shape index (κ3) is 2.19. The van der Waals surface area contributed by atoms with E-state index in [1.807, 2.05) is 0 Å². The molecule has 2 rings (SSSR count). The molecule has 0 unspecified atom stereocenters. The Morgan fingerprint density at radius 3 is 2.60 bits per heavy atom. The Kier molecular flexibility index (Phi) is 3.04. The normalized spacial score (nSPS) is 20.2. The lowest BCUT2D eigenvalue weighted by Gasteiger charge is -2.35. The van der Waals surface area contributed by atoms with Gasteiger partial charge in [0.15, 0.2) is 11.5 Å². The van der Waals surface area contributed by atoms with Gasteiger partial charge in [-0.3, -0.25) is 0 Å². The van der Waals surface area contributed by atoms with Gasteiger partial charge in [-0.15, -0.1) is 0 Å². The average Bonchev–Trinajstić information content (AvgIpc) is 2.23. The Morgan fingerprint density at radius 2 is 2.00 bits per heavy atom. The molecule has 0 saturated carbocycles. The van der Waals surface area contributed by atoms with Crippen LogP contribution in [-0.4, -0.2) is 18.1 Å². The molecule has 5 heteroatoms. The molecule has 1 aromatic rings. The fourth-order valence-corrected chi connectivity index (χ4v) is 2.21. The quantitative estimate of drug-likeness (QED) is 0.485. The van der Waals surface area contributed by atoms with Crippen LogP contribution in [0, 0.1) is 5.82 Å². The van der Waals surface area contributed by atoms with Gasteiger partial charge < -0.3 is 0 Å². The van der Waals surface area contributed by atoms with Gasteiger partial charge in [-0.25, -0.2) is 14.0 Å². The van der Waals surface area contributed by atoms with E-state index in [-0.39, 0.29) is 10.4 Å². The van der Waals surface area contributed by atoms with Gasteiger partial charge >= 0.3 is 0 Å². The Labute approximate surface area is 96.8 Å². The first-order valence-electron chi connectivity index (χ1n) is 5.09. The molecule has 2 heterocycles. The molecule has 2 N–H and O–H groups in total. The van der Waals surface area contributed by atoms with Crippen LogP contribution in [0.25, 0.3) is 0 Å². The summed E-state index contributed by atoms with van der Waals surface area (Å²) in [4.78, 5) is 3.95. The van der Waals surface area contributed by atoms with Gasteiger partial charge in [-0.1, -0.05) is 0 Å². The van der Waals surface area contributed by atoms with E-state index in [1.165, 1.54) is 12.5 Å². The summed E-state index contributed by atoms with van der Waals surface area (Å²) in [6, 6.07) is 1.47. The fraction of sp³-hybridized carbons (Fsp3) is 0.500. The number of aromatic nitrogens is 1. The predicted molar refractivity (Wildman–Crippen MR) is 61.5 cm³/mol. The number of hydrogen-bond donors (Lipinski definition) is 1. The van der Waals surface area contributed by atoms with E-state index in [9.17, 15) is 4.39 Å². The Bertz CT molecular complexity index is 364. The van der Waals surface area contributed by atoms with Crippen LogP contribution in [0.4, 0.5) is 10.1 Å². The molecule has 15 heavy (non-hydrogen) atoms. The number of rotatable bonds is 1. The number of nitrogens with zero attached hydrogens (tertiary/aromatic N) is 2. The summed E-state index contributed by atoms with van der Waals surface area (Å²) < 4.78 is 13.9. The molecule has 0 atom stereocenters. The molecular weight excluding hydrogens is 261 g/mol. The van der Waals surface area contributed by atoms with E-state index in [4.69, 9.17) is 5.84 Å². The van der Waals surface area contributed by atoms with E-state index >= 15 is 0 Å². The molecule has 1 fully saturated rings. The maximum Gasteiger partial charge on any atom is 0.173 e. The minimum atomic E-state index is -0.346. The molecule has 1 aliphatic heterocycles. The van der Waals surface area contributed by atoms with E-state index in [1.54, 1.807) is 6.20 Å². The van der Waals surface area contributed by atoms with Crippen molar-refractivity contribution in [1.82, 2.24) is 9.58 Å². The van der Waals surface area contributed by atoms with Crippen LogP contribution >= 0.6 is 15.9 Å². The van der Waals surface area contributed by atoms with Gasteiger partial charge in [-0.05, 0) is 35.2 Å². The second-order valence-electron chi connectivity index (χ2n) is 4.01. The highest BCUT2D eigenvalue weighted by atomic mass is 79.9. The first-order valence-corrected chi connectivity index (χ1v) is 5.88. The number of pyridine rings is 1. The van der Waals surface area contributed by atoms with Crippen molar-refractivity contribution in [2.45, 2.75) is 19.3 Å². The van der Waals surface area contributed by atoms with Gasteiger partial charge in [-0.2, -0.15) is 5.84 Å². The number of piperidine rings is 1. The molecular formula is C10H14BrFN3+. The highest BCUT2D eigenvalue weighted by molar-refractivity contribution is 9.10. The zero-order chi connectivity index (χ0) is 10.9. The SMILES string of the molecule is N[N+]1(c2cnc(Br)c(F)c2)CCCCC1. The number of halogens is 2. The molecule has 3 nitrogen and oxygen atoms in total. The van der Waals surface area contributed by atoms with Crippen LogP contribution in [0.2, 0.25) is 0 Å². The zero-order valence-electron chi connectivity index (χ0n) is 8.42. The molecule has 0 aromatic carbocycles. The van der Waals surface area contributed by atoms with E-state index < -0.39 is 0 Å². The van der Waals surface area contributed by atoms with E-state index in [0.29, 0.717) is 4.59 Å². The predicted octanol–water partition coefficient (Wildman–Crippen LogP) is 2.35. The molecule has 0 aliphatic carbocycles. The third-order valence-electron chi connectivity index (χ3n) is 2.91. The first kappa shape index (κ1) is 11.0. The summed E-state index contributed by atoms with van der Waals surface area (Å²) in [7, 11) is 0. The Hall–Kier alpha value is -0.520. The molecule has 1 aliphatic rings. The summed E-state index contributed by atoms with van der Waals surface area (Å²) >= 11 is 3.04. The van der Waals surface area contributed by atoms with Gasteiger partial charge in [0.1, 0.15) is 17.7 Å². The monoisotopic (exact) mass is 274 g/mol. The van der Waals surface area contributed by atoms with Crippen molar-refractivity contribution in [3.63, 3.8) is 0 Å². The molecule has 1 aromatic heterocycles. The van der Waals surface area contributed by atoms with E-state index in [2.05, 4.69) is 20.9 Å². The zero-order valence-corrected chi connectivity index (χ0v) is 10.0. The summed E-state index contributed by atoms with van der Waals surface area (Å²) in [5, 5.41) is 0. The molecule has 1 saturated heterocycles. The lowest BCUT2D eigenvalue weighted by Crippen LogP contribution is -2.58. The number of nitrogens with two attached hydrogens (primary N) is 1. The second kappa shape index (κ2) is 4.15. The van der Waals surface area contributed by atoms with Crippen molar-refractivity contribution in [2.75, 3.05) is 13.1 Å². The molecule has 0 spiro atoms. The van der Waals surface area contributed by atoms with Crippen molar-refractivity contribution in [2.24, 2.45) is 5.84 Å². The summed E-state index contributed by atoms with van der Waals surface area (Å²) in [5.41, 5.74) is 0.760. The summed E-state index contributed by atoms with van der Waals surface area (Å²) in [6.45, 7) is 1.73. The Balaban J connectivity index is 2.31. The standard InChI is InChI=1S/C10H14BrFN3/c11-10-9(12)6-8(7-14-10)15(13)4-2-1-3-5-15/h6-7H,1-5,13H2/q+1. The maximum absolute atomic E-state index is 13.3. The number of hydrogen-bond acceptors (Lipinski definition) is 2. The lowest BCUT2D eigenvalue weighted by molar-refractivity contribution is 0.233. The van der Waals surface area contributed by atoms with Gasteiger partial charge in [0.25, 0.3) is 0 Å². The van der Waals surface area contributed by atoms with Crippen molar-refractivity contribution < 1.29 is 4.39 Å². The summed E-state index contributed by atoms with van der Waals surface area (Å²) in [6.07, 6.45) is 5.05. The topological polar surface area (TPSA) is 38.9 Å². The maximum atomic E-state index is 13.3. The molecule has 0 radical (unpaired) electrons. The van der Waals surface area contributed by atoms with Crippen LogP contribution in [0.5, 0.6) is 0 Å². The minimum absolute atomic E-state index is 0.245. The Morgan fingerprint density at radius 1 is 1.33 bits per heavy atom. The molecule has 82 valence electrons. The van der Waals surface area contributed by atoms with Crippen molar-refractivity contribution >= 4 is 21.6 Å². The van der Waals surface area contributed by atoms with Gasteiger partial charge in [0.2, 0.25) is 0 Å². The second-order valence-corrected chi connectivity index (χ2v) is 4.76. The first-order chi connectivity index (χ1) is 7.12. The third-order valence-corrected chi connectivity index (χ3v) is 3.49. The van der Waals surface area contributed by atoms with Crippen molar-refractivity contribution in [1.29, 1.82) is 0 Å². The smallest absolute Gasteiger partial charge is 0.173 e. The van der Waals surface area contributed by atoms with Gasteiger partial charge in [0.05, 0.1) is 6.20 Å². The number of quaternary nitrogens is 1.